The summed E-state index contributed by atoms with van der Waals surface area (Å²) in [7, 11) is 1.57. The van der Waals surface area contributed by atoms with Crippen molar-refractivity contribution in [2.24, 2.45) is 0 Å². The van der Waals surface area contributed by atoms with Gasteiger partial charge in [-0.2, -0.15) is 0 Å². The first-order chi connectivity index (χ1) is 8.45. The predicted molar refractivity (Wildman–Crippen MR) is 66.9 cm³/mol. The van der Waals surface area contributed by atoms with Crippen LogP contribution in [0.15, 0.2) is 30.9 Å². The lowest BCUT2D eigenvalue weighted by Crippen LogP contribution is -2.31. The molecule has 6 heteroatoms. The van der Waals surface area contributed by atoms with E-state index in [1.807, 2.05) is 0 Å². The number of nitrogens with one attached hydrogen (secondary N) is 1. The number of aromatic hydroxyl groups is 1. The zero-order valence-corrected chi connectivity index (χ0v) is 9.88. The van der Waals surface area contributed by atoms with Crippen LogP contribution in [-0.2, 0) is 0 Å². The molecule has 0 saturated heterocycles. The summed E-state index contributed by atoms with van der Waals surface area (Å²) in [6, 6.07) is 3.28. The first-order valence-corrected chi connectivity index (χ1v) is 5.15. The molecule has 96 valence electrons. The highest BCUT2D eigenvalue weighted by Gasteiger charge is 2.12. The van der Waals surface area contributed by atoms with Gasteiger partial charge in [-0.15, -0.1) is 6.58 Å². The summed E-state index contributed by atoms with van der Waals surface area (Å²) in [4.78, 5) is 23.6. The van der Waals surface area contributed by atoms with E-state index in [4.69, 9.17) is 5.11 Å². The standard InChI is InChI=1S/C12H14N2O4/c1-3-6-14(2)12(18)13-9-5-4-8(11(16)17)7-10(9)15/h3-5,7,15H,1,6H2,2H3,(H,13,18)(H,16,17). The number of urea groups is 1. The summed E-state index contributed by atoms with van der Waals surface area (Å²) in [5, 5.41) is 20.8. The molecule has 0 bridgehead atoms. The SMILES string of the molecule is C=CCN(C)C(=O)Nc1ccc(C(=O)O)cc1O. The third-order valence-electron chi connectivity index (χ3n) is 2.24. The maximum absolute atomic E-state index is 11.6. The monoisotopic (exact) mass is 250 g/mol. The highest BCUT2D eigenvalue weighted by molar-refractivity contribution is 5.93. The van der Waals surface area contributed by atoms with Crippen LogP contribution in [0.4, 0.5) is 10.5 Å². The Morgan fingerprint density at radius 2 is 2.17 bits per heavy atom. The van der Waals surface area contributed by atoms with Gasteiger partial charge < -0.3 is 20.4 Å². The second-order valence-electron chi connectivity index (χ2n) is 3.64. The molecule has 0 atom stereocenters. The number of anilines is 1. The van der Waals surface area contributed by atoms with Gasteiger partial charge in [0.2, 0.25) is 0 Å². The van der Waals surface area contributed by atoms with Crippen molar-refractivity contribution in [3.05, 3.63) is 36.4 Å². The lowest BCUT2D eigenvalue weighted by molar-refractivity contribution is 0.0696. The van der Waals surface area contributed by atoms with E-state index in [-0.39, 0.29) is 17.0 Å². The number of carboxylic acids is 1. The third kappa shape index (κ3) is 3.24. The van der Waals surface area contributed by atoms with E-state index in [2.05, 4.69) is 11.9 Å². The summed E-state index contributed by atoms with van der Waals surface area (Å²) in [6.45, 7) is 3.86. The van der Waals surface area contributed by atoms with Gasteiger partial charge in [-0.3, -0.25) is 0 Å². The van der Waals surface area contributed by atoms with Crippen molar-refractivity contribution >= 4 is 17.7 Å². The molecule has 2 amide bonds. The first-order valence-electron chi connectivity index (χ1n) is 5.15. The minimum atomic E-state index is -1.15. The Morgan fingerprint density at radius 1 is 1.50 bits per heavy atom. The number of amides is 2. The number of phenolic OH excluding ortho intramolecular Hbond substituents is 1. The maximum Gasteiger partial charge on any atom is 0.335 e. The molecule has 0 saturated carbocycles. The van der Waals surface area contributed by atoms with Gasteiger partial charge in [-0.1, -0.05) is 6.08 Å². The number of likely N-dealkylation sites (N-methyl/N-ethyl adjacent to an activating group) is 1. The number of phenols is 1. The van der Waals surface area contributed by atoms with Gasteiger partial charge in [0.25, 0.3) is 0 Å². The minimum absolute atomic E-state index is 0.0510. The van der Waals surface area contributed by atoms with Crippen LogP contribution in [0.25, 0.3) is 0 Å². The van der Waals surface area contributed by atoms with Crippen molar-refractivity contribution in [3.63, 3.8) is 0 Å². The Labute approximate surface area is 104 Å². The molecule has 1 aromatic carbocycles. The zero-order valence-electron chi connectivity index (χ0n) is 9.88. The Morgan fingerprint density at radius 3 is 2.67 bits per heavy atom. The maximum atomic E-state index is 11.6. The summed E-state index contributed by atoms with van der Waals surface area (Å²) in [6.07, 6.45) is 1.56. The predicted octanol–water partition coefficient (Wildman–Crippen LogP) is 1.74. The van der Waals surface area contributed by atoms with Crippen molar-refractivity contribution in [1.29, 1.82) is 0 Å². The lowest BCUT2D eigenvalue weighted by atomic mass is 10.2. The van der Waals surface area contributed by atoms with Crippen LogP contribution in [0.3, 0.4) is 0 Å². The fraction of sp³-hybridized carbons (Fsp3) is 0.167. The molecule has 0 aliphatic carbocycles. The van der Waals surface area contributed by atoms with E-state index in [0.717, 1.165) is 6.07 Å². The summed E-state index contributed by atoms with van der Waals surface area (Å²) >= 11 is 0. The molecule has 0 radical (unpaired) electrons. The highest BCUT2D eigenvalue weighted by atomic mass is 16.4. The fourth-order valence-electron chi connectivity index (χ4n) is 1.26. The third-order valence-corrected chi connectivity index (χ3v) is 2.24. The zero-order chi connectivity index (χ0) is 13.7. The number of nitrogens with zero attached hydrogens (tertiary/aromatic N) is 1. The molecule has 0 aliphatic rings. The molecule has 3 N–H and O–H groups in total. The van der Waals surface area contributed by atoms with Gasteiger partial charge in [0.05, 0.1) is 11.3 Å². The molecular weight excluding hydrogens is 236 g/mol. The number of carbonyl (C=O) groups excluding carboxylic acids is 1. The second kappa shape index (κ2) is 5.72. The lowest BCUT2D eigenvalue weighted by Gasteiger charge is -2.16. The number of rotatable bonds is 4. The van der Waals surface area contributed by atoms with E-state index in [9.17, 15) is 14.7 Å². The Hall–Kier alpha value is -2.50. The minimum Gasteiger partial charge on any atom is -0.506 e. The van der Waals surface area contributed by atoms with E-state index in [1.165, 1.54) is 17.0 Å². The van der Waals surface area contributed by atoms with Crippen LogP contribution in [0.1, 0.15) is 10.4 Å². The smallest absolute Gasteiger partial charge is 0.335 e. The van der Waals surface area contributed by atoms with Gasteiger partial charge >= 0.3 is 12.0 Å². The average molecular weight is 250 g/mol. The Kier molecular flexibility index (Phi) is 4.31. The van der Waals surface area contributed by atoms with E-state index >= 15 is 0 Å². The van der Waals surface area contributed by atoms with E-state index in [0.29, 0.717) is 6.54 Å². The first kappa shape index (κ1) is 13.6. The van der Waals surface area contributed by atoms with Crippen molar-refractivity contribution in [3.8, 4) is 5.75 Å². The van der Waals surface area contributed by atoms with Gasteiger partial charge in [0, 0.05) is 13.6 Å². The molecule has 1 rings (SSSR count). The van der Waals surface area contributed by atoms with Crippen molar-refractivity contribution in [2.75, 3.05) is 18.9 Å². The molecule has 0 aromatic heterocycles. The molecular formula is C12H14N2O4. The molecule has 0 fully saturated rings. The Bertz CT molecular complexity index is 485. The number of carbonyl (C=O) groups is 2. The highest BCUT2D eigenvalue weighted by Crippen LogP contribution is 2.24. The van der Waals surface area contributed by atoms with Crippen LogP contribution in [-0.4, -0.2) is 40.7 Å². The summed E-state index contributed by atoms with van der Waals surface area (Å²) < 4.78 is 0. The molecule has 6 nitrogen and oxygen atoms in total. The molecule has 18 heavy (non-hydrogen) atoms. The van der Waals surface area contributed by atoms with Gasteiger partial charge in [0.15, 0.2) is 0 Å². The van der Waals surface area contributed by atoms with Crippen molar-refractivity contribution in [1.82, 2.24) is 4.90 Å². The summed E-state index contributed by atoms with van der Waals surface area (Å²) in [5.41, 5.74) is 0.103. The van der Waals surface area contributed by atoms with E-state index in [1.54, 1.807) is 13.1 Å². The molecule has 0 aliphatic heterocycles. The van der Waals surface area contributed by atoms with Gasteiger partial charge in [-0.25, -0.2) is 9.59 Å². The van der Waals surface area contributed by atoms with Crippen LogP contribution >= 0.6 is 0 Å². The van der Waals surface area contributed by atoms with E-state index < -0.39 is 12.0 Å². The molecule has 0 heterocycles. The van der Waals surface area contributed by atoms with Gasteiger partial charge in [0.1, 0.15) is 5.75 Å². The number of benzene rings is 1. The van der Waals surface area contributed by atoms with Crippen LogP contribution in [0.5, 0.6) is 5.75 Å². The number of carboxylic acid groups (broad SMARTS) is 1. The molecule has 0 spiro atoms. The summed E-state index contributed by atoms with van der Waals surface area (Å²) in [5.74, 6) is -1.44. The van der Waals surface area contributed by atoms with Crippen molar-refractivity contribution in [2.45, 2.75) is 0 Å². The van der Waals surface area contributed by atoms with Gasteiger partial charge in [-0.05, 0) is 18.2 Å². The van der Waals surface area contributed by atoms with Crippen LogP contribution in [0, 0.1) is 0 Å². The molecule has 0 unspecified atom stereocenters. The normalized spacial score (nSPS) is 9.61. The van der Waals surface area contributed by atoms with Crippen molar-refractivity contribution < 1.29 is 19.8 Å². The number of hydrogen-bond acceptors (Lipinski definition) is 3. The Balaban J connectivity index is 2.82. The fourth-order valence-corrected chi connectivity index (χ4v) is 1.26. The number of aromatic carboxylic acids is 1. The number of hydrogen-bond donors (Lipinski definition) is 3. The van der Waals surface area contributed by atoms with Crippen LogP contribution in [0.2, 0.25) is 0 Å². The average Bonchev–Trinajstić information content (AvgIpc) is 2.31. The second-order valence-corrected chi connectivity index (χ2v) is 3.64. The topological polar surface area (TPSA) is 89.9 Å². The quantitative estimate of drug-likeness (QED) is 0.561. The molecule has 1 aromatic rings. The van der Waals surface area contributed by atoms with Crippen LogP contribution < -0.4 is 5.32 Å². The largest absolute Gasteiger partial charge is 0.506 e.